The number of benzene rings is 2. The molecule has 2 aliphatic rings. The number of carbonyl (C=O) groups excluding carboxylic acids is 3. The van der Waals surface area contributed by atoms with Gasteiger partial charge in [-0.1, -0.05) is 23.8 Å². The average Bonchev–Trinajstić information content (AvgIpc) is 3.36. The zero-order chi connectivity index (χ0) is 31.9. The molecule has 0 bridgehead atoms. The van der Waals surface area contributed by atoms with Gasteiger partial charge in [0.15, 0.2) is 5.82 Å². The first-order valence-corrected chi connectivity index (χ1v) is 14.7. The molecule has 4 aromatic rings. The molecule has 44 heavy (non-hydrogen) atoms. The van der Waals surface area contributed by atoms with Crippen LogP contribution in [0.15, 0.2) is 42.6 Å². The predicted octanol–water partition coefficient (Wildman–Crippen LogP) is 6.62. The van der Waals surface area contributed by atoms with E-state index in [1.807, 2.05) is 57.3 Å². The van der Waals surface area contributed by atoms with Crippen LogP contribution in [0.25, 0.3) is 10.9 Å². The summed E-state index contributed by atoms with van der Waals surface area (Å²) in [5, 5.41) is 13.0. The van der Waals surface area contributed by atoms with Crippen molar-refractivity contribution < 1.29 is 23.9 Å². The summed E-state index contributed by atoms with van der Waals surface area (Å²) in [7, 11) is 1.83. The number of aryl methyl sites for hydroxylation is 3. The van der Waals surface area contributed by atoms with E-state index in [4.69, 9.17) is 9.47 Å². The van der Waals surface area contributed by atoms with E-state index in [-0.39, 0.29) is 11.8 Å². The van der Waals surface area contributed by atoms with E-state index in [0.29, 0.717) is 28.8 Å². The van der Waals surface area contributed by atoms with Crippen molar-refractivity contribution in [3.05, 3.63) is 64.8 Å². The summed E-state index contributed by atoms with van der Waals surface area (Å²) >= 11 is 0. The van der Waals surface area contributed by atoms with Crippen LogP contribution in [0.5, 0.6) is 0 Å². The van der Waals surface area contributed by atoms with Gasteiger partial charge in [0.05, 0.1) is 22.8 Å². The normalized spacial score (nSPS) is 19.4. The lowest BCUT2D eigenvalue weighted by Crippen LogP contribution is -2.41. The fraction of sp³-hybridized carbons (Fsp3) is 0.424. The van der Waals surface area contributed by atoms with Crippen molar-refractivity contribution >= 4 is 46.3 Å². The Morgan fingerprint density at radius 3 is 2.30 bits per heavy atom. The highest BCUT2D eigenvalue weighted by molar-refractivity contribution is 6.23. The Morgan fingerprint density at radius 1 is 0.977 bits per heavy atom. The smallest absolute Gasteiger partial charge is 0.435 e. The van der Waals surface area contributed by atoms with Gasteiger partial charge in [-0.3, -0.25) is 9.48 Å². The van der Waals surface area contributed by atoms with Gasteiger partial charge in [-0.15, -0.1) is 5.10 Å². The molecule has 2 amide bonds. The molecule has 11 nitrogen and oxygen atoms in total. The average molecular weight is 599 g/mol. The Morgan fingerprint density at radius 2 is 1.66 bits per heavy atom. The molecule has 1 aliphatic heterocycles. The summed E-state index contributed by atoms with van der Waals surface area (Å²) in [6.07, 6.45) is 0.967. The third kappa shape index (κ3) is 4.80. The minimum atomic E-state index is -0.907. The van der Waals surface area contributed by atoms with Crippen LogP contribution in [0, 0.1) is 13.8 Å². The van der Waals surface area contributed by atoms with Gasteiger partial charge in [0, 0.05) is 23.9 Å². The van der Waals surface area contributed by atoms with Gasteiger partial charge < -0.3 is 14.8 Å². The molecule has 230 valence electrons. The van der Waals surface area contributed by atoms with Crippen LogP contribution < -0.4 is 10.2 Å². The number of ether oxygens (including phenoxy) is 2. The molecule has 0 saturated heterocycles. The van der Waals surface area contributed by atoms with Crippen LogP contribution in [0.2, 0.25) is 0 Å². The van der Waals surface area contributed by atoms with Crippen LogP contribution in [0.3, 0.4) is 0 Å². The number of fused-ring (bicyclic) bond motifs is 3. The number of carbonyl (C=O) groups is 3. The van der Waals surface area contributed by atoms with E-state index in [2.05, 4.69) is 15.5 Å². The lowest BCUT2D eigenvalue weighted by atomic mass is 9.91. The Bertz CT molecular complexity index is 1840. The van der Waals surface area contributed by atoms with Crippen molar-refractivity contribution in [1.29, 1.82) is 0 Å². The summed E-state index contributed by atoms with van der Waals surface area (Å²) < 4.78 is 14.3. The third-order valence-corrected chi connectivity index (χ3v) is 8.03. The van der Waals surface area contributed by atoms with E-state index in [1.165, 1.54) is 9.58 Å². The molecule has 2 aromatic carbocycles. The Balaban J connectivity index is 1.43. The Labute approximate surface area is 256 Å². The Kier molecular flexibility index (Phi) is 6.46. The minimum Gasteiger partial charge on any atom is -0.443 e. The SMILES string of the molecule is Cc1ccc2c(c1)[C@]1(C[C@H]1c1ccc3c(Nc4c(C)cnn4C)nn(C(=O)OC(C)(C)C)c3c1)C(=O)N2C(=O)OC(C)(C)C. The first-order chi connectivity index (χ1) is 20.5. The number of nitrogens with zero attached hydrogens (tertiary/aromatic N) is 5. The molecule has 3 heterocycles. The zero-order valence-corrected chi connectivity index (χ0v) is 26.6. The van der Waals surface area contributed by atoms with Crippen LogP contribution in [-0.2, 0) is 26.7 Å². The van der Waals surface area contributed by atoms with Crippen molar-refractivity contribution in [3.8, 4) is 0 Å². The first-order valence-electron chi connectivity index (χ1n) is 14.7. The van der Waals surface area contributed by atoms with Crippen molar-refractivity contribution in [1.82, 2.24) is 19.6 Å². The highest BCUT2D eigenvalue weighted by Crippen LogP contribution is 2.66. The van der Waals surface area contributed by atoms with Crippen LogP contribution in [0.4, 0.5) is 26.9 Å². The molecule has 0 unspecified atom stereocenters. The molecule has 0 radical (unpaired) electrons. The molecule has 11 heteroatoms. The maximum atomic E-state index is 14.1. The van der Waals surface area contributed by atoms with Crippen LogP contribution in [0.1, 0.15) is 76.1 Å². The van der Waals surface area contributed by atoms with E-state index in [0.717, 1.165) is 28.1 Å². The Hall–Kier alpha value is -4.67. The molecule has 1 aliphatic carbocycles. The van der Waals surface area contributed by atoms with Crippen LogP contribution >= 0.6 is 0 Å². The molecule has 1 saturated carbocycles. The third-order valence-electron chi connectivity index (χ3n) is 8.03. The monoisotopic (exact) mass is 598 g/mol. The van der Waals surface area contributed by atoms with E-state index >= 15 is 0 Å². The fourth-order valence-corrected chi connectivity index (χ4v) is 6.04. The van der Waals surface area contributed by atoms with Gasteiger partial charge >= 0.3 is 12.2 Å². The maximum absolute atomic E-state index is 14.1. The quantitative estimate of drug-likeness (QED) is 0.279. The number of hydrogen-bond donors (Lipinski definition) is 1. The lowest BCUT2D eigenvalue weighted by Gasteiger charge is -2.24. The number of nitrogens with one attached hydrogen (secondary N) is 1. The molecule has 1 N–H and O–H groups in total. The summed E-state index contributed by atoms with van der Waals surface area (Å²) in [6.45, 7) is 14.6. The molecular weight excluding hydrogens is 560 g/mol. The van der Waals surface area contributed by atoms with Gasteiger partial charge in [-0.05, 0) is 91.1 Å². The van der Waals surface area contributed by atoms with Crippen molar-refractivity contribution in [2.45, 2.75) is 84.3 Å². The summed E-state index contributed by atoms with van der Waals surface area (Å²) in [4.78, 5) is 42.0. The lowest BCUT2D eigenvalue weighted by molar-refractivity contribution is -0.120. The highest BCUT2D eigenvalue weighted by atomic mass is 16.6. The first kappa shape index (κ1) is 29.4. The summed E-state index contributed by atoms with van der Waals surface area (Å²) in [6, 6.07) is 11.5. The molecule has 6 rings (SSSR count). The van der Waals surface area contributed by atoms with Gasteiger partial charge in [-0.25, -0.2) is 14.5 Å². The second kappa shape index (κ2) is 9.67. The zero-order valence-electron chi connectivity index (χ0n) is 26.6. The fourth-order valence-electron chi connectivity index (χ4n) is 6.04. The van der Waals surface area contributed by atoms with Gasteiger partial charge in [-0.2, -0.15) is 9.78 Å². The number of anilines is 3. The van der Waals surface area contributed by atoms with Crippen molar-refractivity contribution in [2.24, 2.45) is 7.05 Å². The minimum absolute atomic E-state index is 0.217. The largest absolute Gasteiger partial charge is 0.443 e. The number of hydrogen-bond acceptors (Lipinski definition) is 8. The maximum Gasteiger partial charge on any atom is 0.435 e. The second-order valence-corrected chi connectivity index (χ2v) is 13.8. The van der Waals surface area contributed by atoms with Gasteiger partial charge in [0.2, 0.25) is 5.91 Å². The number of rotatable bonds is 3. The number of imide groups is 1. The van der Waals surface area contributed by atoms with E-state index in [9.17, 15) is 14.4 Å². The summed E-state index contributed by atoms with van der Waals surface area (Å²) in [5.74, 6) is 0.706. The molecule has 2 aromatic heterocycles. The molecule has 1 spiro atoms. The van der Waals surface area contributed by atoms with Crippen molar-refractivity contribution in [3.63, 3.8) is 0 Å². The van der Waals surface area contributed by atoms with Crippen molar-refractivity contribution in [2.75, 3.05) is 10.2 Å². The topological polar surface area (TPSA) is 121 Å². The van der Waals surface area contributed by atoms with E-state index in [1.54, 1.807) is 52.4 Å². The van der Waals surface area contributed by atoms with E-state index < -0.39 is 28.8 Å². The van der Waals surface area contributed by atoms with Crippen LogP contribution in [-0.4, -0.2) is 48.9 Å². The molecule has 1 fully saturated rings. The summed E-state index contributed by atoms with van der Waals surface area (Å²) in [5.41, 5.74) is 2.28. The number of aromatic nitrogens is 4. The predicted molar refractivity (Wildman–Crippen MR) is 167 cm³/mol. The molecule has 2 atom stereocenters. The molecular formula is C33H38N6O5. The standard InChI is InChI=1S/C33H38N6O5/c1-18-10-13-24-22(14-18)33(28(40)38(24)29(41)43-31(3,4)5)16-23(33)20-11-12-21-25(15-20)39(30(42)44-32(6,7)8)36-26(21)35-27-19(2)17-34-37(27)9/h10-15,17,23H,16H2,1-9H3,(H,35,36)/t23-,33-/m0/s1. The number of amides is 2. The van der Waals surface area contributed by atoms with Gasteiger partial charge in [0.1, 0.15) is 17.0 Å². The highest BCUT2D eigenvalue weighted by Gasteiger charge is 2.68. The van der Waals surface area contributed by atoms with Gasteiger partial charge in [0.25, 0.3) is 0 Å². The second-order valence-electron chi connectivity index (χ2n) is 13.8.